The first-order chi connectivity index (χ1) is 12.0. The zero-order valence-electron chi connectivity index (χ0n) is 13.4. The maximum absolute atomic E-state index is 12.8. The largest absolute Gasteiger partial charge is 0.503 e. The highest BCUT2D eigenvalue weighted by atomic mass is 35.5. The molecule has 0 spiro atoms. The van der Waals surface area contributed by atoms with Crippen LogP contribution in [0.15, 0.2) is 41.5 Å². The Hall–Kier alpha value is -2.80. The van der Waals surface area contributed by atoms with Gasteiger partial charge in [-0.1, -0.05) is 11.6 Å². The van der Waals surface area contributed by atoms with Gasteiger partial charge in [0.05, 0.1) is 24.4 Å². The van der Waals surface area contributed by atoms with Gasteiger partial charge in [-0.25, -0.2) is 9.82 Å². The van der Waals surface area contributed by atoms with Gasteiger partial charge in [-0.05, 0) is 48.9 Å². The summed E-state index contributed by atoms with van der Waals surface area (Å²) < 4.78 is 18.0. The van der Waals surface area contributed by atoms with Gasteiger partial charge in [0.25, 0.3) is 5.91 Å². The number of hydrogen-bond acceptors (Lipinski definition) is 5. The second kappa shape index (κ2) is 8.89. The Morgan fingerprint density at radius 1 is 1.36 bits per heavy atom. The van der Waals surface area contributed by atoms with Crippen LogP contribution in [0, 0.1) is 5.82 Å². The summed E-state index contributed by atoms with van der Waals surface area (Å²) in [4.78, 5) is 11.7. The van der Waals surface area contributed by atoms with Gasteiger partial charge < -0.3 is 15.2 Å². The number of phenols is 1. The van der Waals surface area contributed by atoms with Crippen molar-refractivity contribution in [2.24, 2.45) is 5.10 Å². The quantitative estimate of drug-likeness (QED) is 0.520. The molecule has 2 aromatic carbocycles. The molecule has 0 heterocycles. The number of nitrogens with zero attached hydrogens (tertiary/aromatic N) is 1. The molecule has 25 heavy (non-hydrogen) atoms. The molecule has 2 rings (SSSR count). The molecule has 0 saturated carbocycles. The molecule has 6 nitrogen and oxygen atoms in total. The van der Waals surface area contributed by atoms with Gasteiger partial charge in [0, 0.05) is 5.69 Å². The zero-order valence-corrected chi connectivity index (χ0v) is 14.2. The molecule has 0 saturated heterocycles. The van der Waals surface area contributed by atoms with Crippen LogP contribution in [0.2, 0.25) is 5.02 Å². The van der Waals surface area contributed by atoms with E-state index in [1.807, 2.05) is 0 Å². The molecular weight excluding hydrogens is 349 g/mol. The molecule has 0 aliphatic heterocycles. The van der Waals surface area contributed by atoms with Crippen molar-refractivity contribution in [3.63, 3.8) is 0 Å². The first-order valence-electron chi connectivity index (χ1n) is 7.46. The van der Waals surface area contributed by atoms with Crippen LogP contribution in [-0.2, 0) is 4.79 Å². The first-order valence-corrected chi connectivity index (χ1v) is 7.84. The summed E-state index contributed by atoms with van der Waals surface area (Å²) in [6.45, 7) is 2.13. The van der Waals surface area contributed by atoms with Crippen LogP contribution in [-0.4, -0.2) is 30.4 Å². The molecule has 0 fully saturated rings. The maximum atomic E-state index is 12.8. The summed E-state index contributed by atoms with van der Waals surface area (Å²) in [5.41, 5.74) is 3.52. The summed E-state index contributed by atoms with van der Waals surface area (Å²) in [7, 11) is 0. The summed E-state index contributed by atoms with van der Waals surface area (Å²) in [6, 6.07) is 8.69. The second-order valence-electron chi connectivity index (χ2n) is 4.94. The van der Waals surface area contributed by atoms with Crippen molar-refractivity contribution < 1.29 is 19.0 Å². The lowest BCUT2D eigenvalue weighted by Gasteiger charge is -2.08. The third kappa shape index (κ3) is 5.65. The van der Waals surface area contributed by atoms with Gasteiger partial charge in [-0.3, -0.25) is 4.79 Å². The van der Waals surface area contributed by atoms with Crippen molar-refractivity contribution >= 4 is 29.4 Å². The molecule has 132 valence electrons. The Morgan fingerprint density at radius 3 is 2.76 bits per heavy atom. The number of phenolic OH excluding ortho intramolecular Hbond substituents is 1. The monoisotopic (exact) mass is 365 g/mol. The Bertz CT molecular complexity index is 766. The van der Waals surface area contributed by atoms with Gasteiger partial charge in [0.2, 0.25) is 0 Å². The fourth-order valence-corrected chi connectivity index (χ4v) is 2.12. The molecule has 0 aliphatic carbocycles. The number of hydrazone groups is 1. The SMILES string of the molecule is CCOc1cc(/C=N\NC(=O)CNc2ccc(F)cc2)cc(Cl)c1O. The van der Waals surface area contributed by atoms with Crippen molar-refractivity contribution in [3.05, 3.63) is 52.8 Å². The van der Waals surface area contributed by atoms with E-state index in [1.165, 1.54) is 36.5 Å². The van der Waals surface area contributed by atoms with Crippen LogP contribution in [0.4, 0.5) is 10.1 Å². The van der Waals surface area contributed by atoms with Crippen LogP contribution in [0.3, 0.4) is 0 Å². The van der Waals surface area contributed by atoms with Gasteiger partial charge in [0.15, 0.2) is 11.5 Å². The summed E-state index contributed by atoms with van der Waals surface area (Å²) in [5, 5.41) is 16.5. The minimum Gasteiger partial charge on any atom is -0.503 e. The van der Waals surface area contributed by atoms with E-state index in [0.717, 1.165) is 0 Å². The molecule has 8 heteroatoms. The van der Waals surface area contributed by atoms with E-state index < -0.39 is 0 Å². The lowest BCUT2D eigenvalue weighted by Crippen LogP contribution is -2.25. The van der Waals surface area contributed by atoms with Crippen molar-refractivity contribution in [3.8, 4) is 11.5 Å². The van der Waals surface area contributed by atoms with Crippen LogP contribution in [0.5, 0.6) is 11.5 Å². The topological polar surface area (TPSA) is 83.0 Å². The Labute approximate surface area is 149 Å². The van der Waals surface area contributed by atoms with Gasteiger partial charge in [-0.2, -0.15) is 5.10 Å². The highest BCUT2D eigenvalue weighted by Crippen LogP contribution is 2.34. The van der Waals surface area contributed by atoms with Crippen molar-refractivity contribution in [1.29, 1.82) is 0 Å². The second-order valence-corrected chi connectivity index (χ2v) is 5.34. The van der Waals surface area contributed by atoms with E-state index in [0.29, 0.717) is 17.9 Å². The number of carbonyl (C=O) groups excluding carboxylic acids is 1. The number of anilines is 1. The minimum atomic E-state index is -0.379. The molecular formula is C17H17ClFN3O3. The van der Waals surface area contributed by atoms with E-state index in [-0.39, 0.29) is 34.8 Å². The molecule has 1 amide bonds. The number of rotatable bonds is 7. The summed E-state index contributed by atoms with van der Waals surface area (Å²) in [5.74, 6) is -0.636. The van der Waals surface area contributed by atoms with Crippen LogP contribution >= 0.6 is 11.6 Å². The zero-order chi connectivity index (χ0) is 18.2. The van der Waals surface area contributed by atoms with Gasteiger partial charge in [-0.15, -0.1) is 0 Å². The van der Waals surface area contributed by atoms with Crippen LogP contribution in [0.1, 0.15) is 12.5 Å². The number of halogens is 2. The Kier molecular flexibility index (Phi) is 6.59. The number of nitrogens with one attached hydrogen (secondary N) is 2. The minimum absolute atomic E-state index is 0.0243. The van der Waals surface area contributed by atoms with E-state index >= 15 is 0 Å². The van der Waals surface area contributed by atoms with Crippen molar-refractivity contribution in [1.82, 2.24) is 5.43 Å². The molecule has 2 aromatic rings. The normalized spacial score (nSPS) is 10.7. The molecule has 0 bridgehead atoms. The lowest BCUT2D eigenvalue weighted by molar-refractivity contribution is -0.119. The summed E-state index contributed by atoms with van der Waals surface area (Å²) >= 11 is 5.91. The van der Waals surface area contributed by atoms with Crippen LogP contribution in [0.25, 0.3) is 0 Å². The van der Waals surface area contributed by atoms with Crippen LogP contribution < -0.4 is 15.5 Å². The van der Waals surface area contributed by atoms with Gasteiger partial charge in [0.1, 0.15) is 5.82 Å². The predicted molar refractivity (Wildman–Crippen MR) is 94.9 cm³/mol. The van der Waals surface area contributed by atoms with Crippen molar-refractivity contribution in [2.75, 3.05) is 18.5 Å². The molecule has 0 aliphatic rings. The molecule has 0 atom stereocenters. The fraction of sp³-hybridized carbons (Fsp3) is 0.176. The third-order valence-corrected chi connectivity index (χ3v) is 3.34. The lowest BCUT2D eigenvalue weighted by atomic mass is 10.2. The number of benzene rings is 2. The number of aromatic hydroxyl groups is 1. The Balaban J connectivity index is 1.89. The van der Waals surface area contributed by atoms with E-state index in [4.69, 9.17) is 16.3 Å². The number of carbonyl (C=O) groups is 1. The standard InChI is InChI=1S/C17H17ClFN3O3/c1-2-25-15-8-11(7-14(18)17(15)24)9-21-22-16(23)10-20-13-5-3-12(19)4-6-13/h3-9,20,24H,2,10H2,1H3,(H,22,23)/b21-9-. The molecule has 0 aromatic heterocycles. The first kappa shape index (κ1) is 18.5. The predicted octanol–water partition coefficient (Wildman–Crippen LogP) is 3.15. The molecule has 0 radical (unpaired) electrons. The van der Waals surface area contributed by atoms with Gasteiger partial charge >= 0.3 is 0 Å². The highest BCUT2D eigenvalue weighted by Gasteiger charge is 2.08. The van der Waals surface area contributed by atoms with Crippen molar-refractivity contribution in [2.45, 2.75) is 6.92 Å². The summed E-state index contributed by atoms with van der Waals surface area (Å²) in [6.07, 6.45) is 1.38. The maximum Gasteiger partial charge on any atom is 0.259 e. The number of hydrogen-bond donors (Lipinski definition) is 3. The number of amides is 1. The Morgan fingerprint density at radius 2 is 2.08 bits per heavy atom. The highest BCUT2D eigenvalue weighted by molar-refractivity contribution is 6.32. The smallest absolute Gasteiger partial charge is 0.259 e. The van der Waals surface area contributed by atoms with E-state index in [9.17, 15) is 14.3 Å². The van der Waals surface area contributed by atoms with E-state index in [1.54, 1.807) is 13.0 Å². The van der Waals surface area contributed by atoms with E-state index in [2.05, 4.69) is 15.8 Å². The third-order valence-electron chi connectivity index (χ3n) is 3.05. The number of ether oxygens (including phenoxy) is 1. The average molecular weight is 366 g/mol. The molecule has 3 N–H and O–H groups in total. The molecule has 0 unspecified atom stereocenters. The average Bonchev–Trinajstić information content (AvgIpc) is 2.59. The fourth-order valence-electron chi connectivity index (χ4n) is 1.90.